The van der Waals surface area contributed by atoms with E-state index in [-0.39, 0.29) is 24.2 Å². The van der Waals surface area contributed by atoms with Crippen molar-refractivity contribution < 1.29 is 14.3 Å². The molecule has 6 nitrogen and oxygen atoms in total. The molecule has 2 fully saturated rings. The first kappa shape index (κ1) is 19.6. The van der Waals surface area contributed by atoms with Gasteiger partial charge in [-0.05, 0) is 30.3 Å². The molecule has 4 rings (SSSR count). The summed E-state index contributed by atoms with van der Waals surface area (Å²) < 4.78 is 5.38. The molecule has 0 aliphatic carbocycles. The van der Waals surface area contributed by atoms with Crippen LogP contribution < -0.4 is 14.5 Å². The second kappa shape index (κ2) is 8.33. The van der Waals surface area contributed by atoms with Crippen LogP contribution in [0.2, 0.25) is 5.02 Å². The lowest BCUT2D eigenvalue weighted by molar-refractivity contribution is -0.136. The molecule has 2 aliphatic heterocycles. The van der Waals surface area contributed by atoms with Crippen LogP contribution in [0.1, 0.15) is 6.42 Å². The third-order valence-corrected chi connectivity index (χ3v) is 5.85. The third-order valence-electron chi connectivity index (χ3n) is 5.61. The minimum atomic E-state index is -0.315. The van der Waals surface area contributed by atoms with Crippen LogP contribution in [-0.4, -0.2) is 56.5 Å². The van der Waals surface area contributed by atoms with Gasteiger partial charge in [-0.15, -0.1) is 0 Å². The fourth-order valence-electron chi connectivity index (χ4n) is 4.07. The van der Waals surface area contributed by atoms with Crippen LogP contribution in [0.25, 0.3) is 0 Å². The fraction of sp³-hybridized carbons (Fsp3) is 0.364. The number of para-hydroxylation sites is 2. The van der Waals surface area contributed by atoms with Gasteiger partial charge < -0.3 is 19.4 Å². The molecule has 0 radical (unpaired) electrons. The monoisotopic (exact) mass is 413 g/mol. The summed E-state index contributed by atoms with van der Waals surface area (Å²) in [4.78, 5) is 31.4. The predicted octanol–water partition coefficient (Wildman–Crippen LogP) is 3.05. The van der Waals surface area contributed by atoms with E-state index in [0.717, 1.165) is 24.5 Å². The number of piperazine rings is 1. The van der Waals surface area contributed by atoms with Gasteiger partial charge in [0.2, 0.25) is 11.8 Å². The second-order valence-corrected chi connectivity index (χ2v) is 7.81. The average Bonchev–Trinajstić information content (AvgIpc) is 3.14. The Bertz CT molecular complexity index is 912. The Kier molecular flexibility index (Phi) is 5.62. The maximum atomic E-state index is 13.1. The summed E-state index contributed by atoms with van der Waals surface area (Å²) in [5.74, 6) is 0.348. The molecule has 152 valence electrons. The van der Waals surface area contributed by atoms with E-state index in [9.17, 15) is 9.59 Å². The molecule has 0 saturated carbocycles. The average molecular weight is 414 g/mol. The first-order valence-corrected chi connectivity index (χ1v) is 10.2. The Hall–Kier alpha value is -2.73. The molecule has 2 aliphatic rings. The van der Waals surface area contributed by atoms with Gasteiger partial charge in [0.1, 0.15) is 5.75 Å². The lowest BCUT2D eigenvalue weighted by atomic mass is 10.1. The smallest absolute Gasteiger partial charge is 0.228 e. The van der Waals surface area contributed by atoms with Gasteiger partial charge in [0.25, 0.3) is 0 Å². The van der Waals surface area contributed by atoms with Gasteiger partial charge in [-0.1, -0.05) is 29.8 Å². The summed E-state index contributed by atoms with van der Waals surface area (Å²) in [6.07, 6.45) is 0.241. The summed E-state index contributed by atoms with van der Waals surface area (Å²) >= 11 is 6.09. The third kappa shape index (κ3) is 4.03. The van der Waals surface area contributed by atoms with E-state index in [4.69, 9.17) is 16.3 Å². The van der Waals surface area contributed by atoms with Crippen molar-refractivity contribution in [1.82, 2.24) is 4.90 Å². The number of nitrogens with zero attached hydrogens (tertiary/aromatic N) is 3. The molecule has 0 aromatic heterocycles. The summed E-state index contributed by atoms with van der Waals surface area (Å²) in [7, 11) is 1.58. The van der Waals surface area contributed by atoms with Crippen molar-refractivity contribution in [2.75, 3.05) is 49.6 Å². The Morgan fingerprint density at radius 1 is 1.07 bits per heavy atom. The van der Waals surface area contributed by atoms with Gasteiger partial charge in [-0.2, -0.15) is 0 Å². The molecule has 7 heteroatoms. The van der Waals surface area contributed by atoms with Gasteiger partial charge in [0.05, 0.1) is 18.7 Å². The first-order valence-electron chi connectivity index (χ1n) is 9.79. The van der Waals surface area contributed by atoms with Crippen LogP contribution in [0.3, 0.4) is 0 Å². The van der Waals surface area contributed by atoms with E-state index in [0.29, 0.717) is 30.4 Å². The van der Waals surface area contributed by atoms with Crippen LogP contribution in [0.5, 0.6) is 5.75 Å². The van der Waals surface area contributed by atoms with Crippen LogP contribution in [0.4, 0.5) is 11.4 Å². The number of methoxy groups -OCH3 is 1. The normalized spacial score (nSPS) is 19.6. The highest BCUT2D eigenvalue weighted by Gasteiger charge is 2.38. The van der Waals surface area contributed by atoms with Crippen molar-refractivity contribution in [2.24, 2.45) is 5.92 Å². The number of hydrogen-bond acceptors (Lipinski definition) is 4. The number of benzene rings is 2. The Balaban J connectivity index is 1.39. The van der Waals surface area contributed by atoms with E-state index < -0.39 is 0 Å². The molecule has 2 aromatic carbocycles. The van der Waals surface area contributed by atoms with E-state index in [1.165, 1.54) is 0 Å². The number of ether oxygens (including phenoxy) is 1. The van der Waals surface area contributed by atoms with Crippen molar-refractivity contribution in [3.05, 3.63) is 53.6 Å². The van der Waals surface area contributed by atoms with Crippen molar-refractivity contribution in [2.45, 2.75) is 6.42 Å². The number of rotatable bonds is 4. The Morgan fingerprint density at radius 3 is 2.55 bits per heavy atom. The van der Waals surface area contributed by atoms with Gasteiger partial charge >= 0.3 is 0 Å². The fourth-order valence-corrected chi connectivity index (χ4v) is 4.26. The van der Waals surface area contributed by atoms with Crippen molar-refractivity contribution in [1.29, 1.82) is 0 Å². The molecular weight excluding hydrogens is 390 g/mol. The zero-order chi connectivity index (χ0) is 20.4. The highest BCUT2D eigenvalue weighted by Crippen LogP contribution is 2.33. The standard InChI is InChI=1S/C22H24ClN3O3/c1-29-20-8-3-2-7-19(20)26-15-16(13-21(26)27)22(28)25-11-9-24(10-12-25)18-6-4-5-17(23)14-18/h2-8,14,16H,9-13,15H2,1H3. The van der Waals surface area contributed by atoms with Crippen LogP contribution in [0, 0.1) is 5.92 Å². The van der Waals surface area contributed by atoms with Crippen molar-refractivity contribution in [3.8, 4) is 5.75 Å². The quantitative estimate of drug-likeness (QED) is 0.773. The SMILES string of the molecule is COc1ccccc1N1CC(C(=O)N2CCN(c3cccc(Cl)c3)CC2)CC1=O. The number of anilines is 2. The lowest BCUT2D eigenvalue weighted by Crippen LogP contribution is -2.50. The van der Waals surface area contributed by atoms with Gasteiger partial charge in [0.15, 0.2) is 0 Å². The molecule has 29 heavy (non-hydrogen) atoms. The topological polar surface area (TPSA) is 53.1 Å². The summed E-state index contributed by atoms with van der Waals surface area (Å²) in [5, 5.41) is 0.710. The summed E-state index contributed by atoms with van der Waals surface area (Å²) in [6.45, 7) is 3.19. The molecule has 0 bridgehead atoms. The maximum absolute atomic E-state index is 13.1. The van der Waals surface area contributed by atoms with Crippen LogP contribution >= 0.6 is 11.6 Å². The van der Waals surface area contributed by atoms with Crippen LogP contribution in [-0.2, 0) is 9.59 Å². The Morgan fingerprint density at radius 2 is 1.83 bits per heavy atom. The molecule has 2 heterocycles. The molecule has 2 saturated heterocycles. The van der Waals surface area contributed by atoms with Gasteiger partial charge in [0, 0.05) is 49.9 Å². The summed E-state index contributed by atoms with van der Waals surface area (Å²) in [5.41, 5.74) is 1.80. The number of carbonyl (C=O) groups is 2. The highest BCUT2D eigenvalue weighted by molar-refractivity contribution is 6.30. The predicted molar refractivity (Wildman–Crippen MR) is 114 cm³/mol. The van der Waals surface area contributed by atoms with E-state index >= 15 is 0 Å². The van der Waals surface area contributed by atoms with Crippen LogP contribution in [0.15, 0.2) is 48.5 Å². The zero-order valence-electron chi connectivity index (χ0n) is 16.4. The summed E-state index contributed by atoms with van der Waals surface area (Å²) in [6, 6.07) is 15.2. The number of halogens is 1. The first-order chi connectivity index (χ1) is 14.1. The van der Waals surface area contributed by atoms with Crippen molar-refractivity contribution >= 4 is 34.8 Å². The molecule has 1 unspecified atom stereocenters. The number of carbonyl (C=O) groups excluding carboxylic acids is 2. The number of amides is 2. The van der Waals surface area contributed by atoms with Crippen molar-refractivity contribution in [3.63, 3.8) is 0 Å². The minimum Gasteiger partial charge on any atom is -0.495 e. The lowest BCUT2D eigenvalue weighted by Gasteiger charge is -2.37. The molecule has 2 aromatic rings. The van der Waals surface area contributed by atoms with E-state index in [1.54, 1.807) is 12.0 Å². The van der Waals surface area contributed by atoms with Gasteiger partial charge in [-0.25, -0.2) is 0 Å². The minimum absolute atomic E-state index is 0.0367. The van der Waals surface area contributed by atoms with E-state index in [1.807, 2.05) is 53.4 Å². The molecule has 0 spiro atoms. The molecule has 1 atom stereocenters. The second-order valence-electron chi connectivity index (χ2n) is 7.37. The molecular formula is C22H24ClN3O3. The number of hydrogen-bond donors (Lipinski definition) is 0. The largest absolute Gasteiger partial charge is 0.495 e. The van der Waals surface area contributed by atoms with Gasteiger partial charge in [-0.3, -0.25) is 9.59 Å². The highest BCUT2D eigenvalue weighted by atomic mass is 35.5. The van der Waals surface area contributed by atoms with E-state index in [2.05, 4.69) is 4.90 Å². The molecule has 2 amide bonds. The maximum Gasteiger partial charge on any atom is 0.228 e. The molecule has 0 N–H and O–H groups in total. The zero-order valence-corrected chi connectivity index (χ0v) is 17.1. The Labute approximate surface area is 175 Å².